The minimum absolute atomic E-state index is 0.0976. The molecule has 206 valence electrons. The summed E-state index contributed by atoms with van der Waals surface area (Å²) in [5, 5.41) is 0. The van der Waals surface area contributed by atoms with Gasteiger partial charge in [0.1, 0.15) is 5.75 Å². The number of amides is 1. The summed E-state index contributed by atoms with van der Waals surface area (Å²) in [7, 11) is 3.05. The lowest BCUT2D eigenvalue weighted by Crippen LogP contribution is -2.42. The van der Waals surface area contributed by atoms with Gasteiger partial charge in [-0.05, 0) is 48.2 Å². The number of carbonyl (C=O) groups excluding carboxylic acids is 2. The maximum Gasteiger partial charge on any atom is 0.311 e. The summed E-state index contributed by atoms with van der Waals surface area (Å²) in [4.78, 5) is 31.1. The van der Waals surface area contributed by atoms with Gasteiger partial charge >= 0.3 is 5.97 Å². The molecule has 1 saturated heterocycles. The van der Waals surface area contributed by atoms with Crippen molar-refractivity contribution in [1.82, 2.24) is 9.80 Å². The Balaban J connectivity index is 1.69. The number of carbonyl (C=O) groups is 2. The molecule has 2 aromatic rings. The van der Waals surface area contributed by atoms with Crippen molar-refractivity contribution in [3.63, 3.8) is 0 Å². The van der Waals surface area contributed by atoms with Gasteiger partial charge in [0.25, 0.3) is 0 Å². The number of likely N-dealkylation sites (tertiary alicyclic amines) is 1. The standard InChI is InChI=1S/C30H40N2O6/c1-5-7-15-31(16-8-6-2)27(33)19-32-18-24(22-11-14-25-26(17-22)38-20-37-25)28(30(34)36-4)29(32)21-9-12-23(35-3)13-10-21/h9-14,17,24,28-29H,5-8,15-16,18-20H2,1-4H3/t24-,28-,29+/m1/s1. The lowest BCUT2D eigenvalue weighted by Gasteiger charge is -2.30. The van der Waals surface area contributed by atoms with Crippen molar-refractivity contribution >= 4 is 11.9 Å². The van der Waals surface area contributed by atoms with Crippen LogP contribution >= 0.6 is 0 Å². The molecule has 2 aliphatic heterocycles. The summed E-state index contributed by atoms with van der Waals surface area (Å²) in [6, 6.07) is 13.2. The Morgan fingerprint density at radius 1 is 0.947 bits per heavy atom. The molecule has 1 fully saturated rings. The molecule has 0 saturated carbocycles. The van der Waals surface area contributed by atoms with E-state index in [4.69, 9.17) is 18.9 Å². The highest BCUT2D eigenvalue weighted by molar-refractivity contribution is 5.79. The van der Waals surface area contributed by atoms with Gasteiger partial charge in [0.2, 0.25) is 12.7 Å². The Hall–Kier alpha value is -3.26. The Morgan fingerprint density at radius 3 is 2.24 bits per heavy atom. The maximum absolute atomic E-state index is 13.6. The fourth-order valence-electron chi connectivity index (χ4n) is 5.53. The van der Waals surface area contributed by atoms with Gasteiger partial charge in [-0.3, -0.25) is 14.5 Å². The first-order valence-corrected chi connectivity index (χ1v) is 13.6. The van der Waals surface area contributed by atoms with Crippen molar-refractivity contribution in [2.24, 2.45) is 5.92 Å². The molecule has 0 aromatic heterocycles. The molecule has 4 rings (SSSR count). The Bertz CT molecular complexity index is 1080. The molecular formula is C30H40N2O6. The minimum atomic E-state index is -0.499. The van der Waals surface area contributed by atoms with E-state index in [1.54, 1.807) is 7.11 Å². The molecule has 2 aliphatic rings. The summed E-state index contributed by atoms with van der Waals surface area (Å²) in [6.07, 6.45) is 4.01. The summed E-state index contributed by atoms with van der Waals surface area (Å²) < 4.78 is 21.8. The van der Waals surface area contributed by atoms with Crippen molar-refractivity contribution < 1.29 is 28.5 Å². The largest absolute Gasteiger partial charge is 0.497 e. The van der Waals surface area contributed by atoms with Gasteiger partial charge < -0.3 is 23.8 Å². The molecule has 0 N–H and O–H groups in total. The van der Waals surface area contributed by atoms with E-state index in [0.717, 1.165) is 55.6 Å². The van der Waals surface area contributed by atoms with Gasteiger partial charge in [-0.2, -0.15) is 0 Å². The molecule has 3 atom stereocenters. The van der Waals surface area contributed by atoms with E-state index in [1.165, 1.54) is 7.11 Å². The zero-order chi connectivity index (χ0) is 27.1. The SMILES string of the molecule is CCCCN(CCCC)C(=O)CN1C[C@H](c2ccc3c(c2)OCO3)[C@@H](C(=O)OC)[C@@H]1c1ccc(OC)cc1. The van der Waals surface area contributed by atoms with Crippen LogP contribution in [0, 0.1) is 5.92 Å². The number of benzene rings is 2. The summed E-state index contributed by atoms with van der Waals surface area (Å²) >= 11 is 0. The lowest BCUT2D eigenvalue weighted by molar-refractivity contribution is -0.147. The van der Waals surface area contributed by atoms with Crippen LogP contribution in [0.4, 0.5) is 0 Å². The Kier molecular flexibility index (Phi) is 9.50. The first-order chi connectivity index (χ1) is 18.5. The third kappa shape index (κ3) is 6.07. The number of unbranched alkanes of at least 4 members (excludes halogenated alkanes) is 2. The zero-order valence-electron chi connectivity index (χ0n) is 23.0. The van der Waals surface area contributed by atoms with E-state index in [0.29, 0.717) is 18.0 Å². The van der Waals surface area contributed by atoms with E-state index in [9.17, 15) is 9.59 Å². The summed E-state index contributed by atoms with van der Waals surface area (Å²) in [5.41, 5.74) is 1.91. The van der Waals surface area contributed by atoms with Crippen LogP contribution in [0.15, 0.2) is 42.5 Å². The van der Waals surface area contributed by atoms with Gasteiger partial charge in [-0.1, -0.05) is 44.9 Å². The van der Waals surface area contributed by atoms with Crippen molar-refractivity contribution in [2.75, 3.05) is 47.2 Å². The van der Waals surface area contributed by atoms with Crippen molar-refractivity contribution in [3.05, 3.63) is 53.6 Å². The van der Waals surface area contributed by atoms with Crippen LogP contribution in [0.2, 0.25) is 0 Å². The average molecular weight is 525 g/mol. The van der Waals surface area contributed by atoms with E-state index in [2.05, 4.69) is 18.7 Å². The van der Waals surface area contributed by atoms with Crippen LogP contribution in [-0.2, 0) is 14.3 Å². The second kappa shape index (κ2) is 13.0. The second-order valence-electron chi connectivity index (χ2n) is 10.0. The van der Waals surface area contributed by atoms with Crippen LogP contribution in [0.3, 0.4) is 0 Å². The van der Waals surface area contributed by atoms with Gasteiger partial charge in [-0.15, -0.1) is 0 Å². The molecule has 38 heavy (non-hydrogen) atoms. The lowest BCUT2D eigenvalue weighted by atomic mass is 9.82. The van der Waals surface area contributed by atoms with Crippen LogP contribution in [-0.4, -0.2) is 68.9 Å². The third-order valence-electron chi connectivity index (χ3n) is 7.61. The first kappa shape index (κ1) is 27.8. The molecule has 0 spiro atoms. The molecule has 0 radical (unpaired) electrons. The molecule has 8 nitrogen and oxygen atoms in total. The smallest absolute Gasteiger partial charge is 0.311 e. The molecule has 2 heterocycles. The van der Waals surface area contributed by atoms with Crippen LogP contribution < -0.4 is 14.2 Å². The van der Waals surface area contributed by atoms with E-state index >= 15 is 0 Å². The number of hydrogen-bond donors (Lipinski definition) is 0. The third-order valence-corrected chi connectivity index (χ3v) is 7.61. The zero-order valence-corrected chi connectivity index (χ0v) is 23.0. The van der Waals surface area contributed by atoms with Crippen molar-refractivity contribution in [3.8, 4) is 17.2 Å². The predicted octanol–water partition coefficient (Wildman–Crippen LogP) is 4.78. The van der Waals surface area contributed by atoms with E-state index < -0.39 is 5.92 Å². The molecule has 8 heteroatoms. The number of nitrogens with zero attached hydrogens (tertiary/aromatic N) is 2. The molecular weight excluding hydrogens is 484 g/mol. The summed E-state index contributed by atoms with van der Waals surface area (Å²) in [5.74, 6) is 1.23. The van der Waals surface area contributed by atoms with Crippen LogP contribution in [0.1, 0.15) is 62.6 Å². The summed E-state index contributed by atoms with van der Waals surface area (Å²) in [6.45, 7) is 6.74. The fourth-order valence-corrected chi connectivity index (χ4v) is 5.53. The maximum atomic E-state index is 13.6. The van der Waals surface area contributed by atoms with Crippen molar-refractivity contribution in [2.45, 2.75) is 51.5 Å². The highest BCUT2D eigenvalue weighted by atomic mass is 16.7. The Labute approximate surface area is 225 Å². The van der Waals surface area contributed by atoms with E-state index in [-0.39, 0.29) is 37.2 Å². The van der Waals surface area contributed by atoms with Gasteiger partial charge in [-0.25, -0.2) is 0 Å². The predicted molar refractivity (Wildman–Crippen MR) is 145 cm³/mol. The topological polar surface area (TPSA) is 77.5 Å². The first-order valence-electron chi connectivity index (χ1n) is 13.6. The number of fused-ring (bicyclic) bond motifs is 1. The van der Waals surface area contributed by atoms with Crippen LogP contribution in [0.5, 0.6) is 17.2 Å². The van der Waals surface area contributed by atoms with E-state index in [1.807, 2.05) is 47.4 Å². The average Bonchev–Trinajstić information content (AvgIpc) is 3.57. The minimum Gasteiger partial charge on any atom is -0.497 e. The quantitative estimate of drug-likeness (QED) is 0.370. The number of esters is 1. The molecule has 0 aliphatic carbocycles. The van der Waals surface area contributed by atoms with Crippen LogP contribution in [0.25, 0.3) is 0 Å². The number of hydrogen-bond acceptors (Lipinski definition) is 7. The van der Waals surface area contributed by atoms with Crippen molar-refractivity contribution in [1.29, 1.82) is 0 Å². The molecule has 0 unspecified atom stereocenters. The monoisotopic (exact) mass is 524 g/mol. The highest BCUT2D eigenvalue weighted by Crippen LogP contribution is 2.48. The highest BCUT2D eigenvalue weighted by Gasteiger charge is 2.48. The Morgan fingerprint density at radius 2 is 1.61 bits per heavy atom. The molecule has 2 aromatic carbocycles. The second-order valence-corrected chi connectivity index (χ2v) is 10.0. The molecule has 1 amide bonds. The number of ether oxygens (including phenoxy) is 4. The van der Waals surface area contributed by atoms with Gasteiger partial charge in [0.15, 0.2) is 11.5 Å². The molecule has 0 bridgehead atoms. The normalized spacial score (nSPS) is 20.4. The number of rotatable bonds is 12. The van der Waals surface area contributed by atoms with Gasteiger partial charge in [0.05, 0.1) is 26.7 Å². The van der Waals surface area contributed by atoms with Gasteiger partial charge in [0, 0.05) is 31.6 Å². The number of methoxy groups -OCH3 is 2. The fraction of sp³-hybridized carbons (Fsp3) is 0.533.